The number of amides is 1. The van der Waals surface area contributed by atoms with Crippen LogP contribution < -0.4 is 10.2 Å². The molecule has 2 heterocycles. The summed E-state index contributed by atoms with van der Waals surface area (Å²) in [5.74, 6) is -0.161. The van der Waals surface area contributed by atoms with Crippen molar-refractivity contribution < 1.29 is 14.1 Å². The maximum absolute atomic E-state index is 13.2. The number of nitrogens with zero attached hydrogens (tertiary/aromatic N) is 3. The van der Waals surface area contributed by atoms with Gasteiger partial charge in [0.05, 0.1) is 4.92 Å². The molecular formula is C28H22N4O4. The Kier molecular flexibility index (Phi) is 6.20. The van der Waals surface area contributed by atoms with Crippen LogP contribution >= 0.6 is 0 Å². The molecule has 0 unspecified atom stereocenters. The van der Waals surface area contributed by atoms with E-state index < -0.39 is 10.8 Å². The lowest BCUT2D eigenvalue weighted by atomic mass is 9.98. The minimum absolute atomic E-state index is 0.00789. The molecule has 8 nitrogen and oxygen atoms in total. The molecule has 0 atom stereocenters. The van der Waals surface area contributed by atoms with Crippen molar-refractivity contribution in [2.45, 2.75) is 12.8 Å². The van der Waals surface area contributed by atoms with E-state index in [9.17, 15) is 20.2 Å². The van der Waals surface area contributed by atoms with E-state index >= 15 is 0 Å². The molecule has 1 fully saturated rings. The largest absolute Gasteiger partial charge is 0.438 e. The predicted molar refractivity (Wildman–Crippen MR) is 137 cm³/mol. The molecular weight excluding hydrogens is 456 g/mol. The highest BCUT2D eigenvalue weighted by molar-refractivity contribution is 6.06. The number of nitriles is 1. The number of nitro groups is 1. The number of anilines is 2. The molecule has 0 saturated carbocycles. The third-order valence-electron chi connectivity index (χ3n) is 6.23. The third-order valence-corrected chi connectivity index (χ3v) is 6.23. The number of carbonyl (C=O) groups excluding carboxylic acids is 1. The van der Waals surface area contributed by atoms with E-state index in [2.05, 4.69) is 11.4 Å². The minimum Gasteiger partial charge on any atom is -0.438 e. The van der Waals surface area contributed by atoms with Crippen LogP contribution in [-0.2, 0) is 0 Å². The Balaban J connectivity index is 1.54. The molecule has 0 bridgehead atoms. The summed E-state index contributed by atoms with van der Waals surface area (Å²) in [4.78, 5) is 26.4. The number of hydrogen-bond acceptors (Lipinski definition) is 6. The van der Waals surface area contributed by atoms with Gasteiger partial charge in [-0.1, -0.05) is 60.7 Å². The molecule has 36 heavy (non-hydrogen) atoms. The van der Waals surface area contributed by atoms with Gasteiger partial charge in [-0.2, -0.15) is 5.26 Å². The van der Waals surface area contributed by atoms with Gasteiger partial charge in [-0.3, -0.25) is 20.2 Å². The van der Waals surface area contributed by atoms with E-state index in [0.29, 0.717) is 17.0 Å². The van der Waals surface area contributed by atoms with Crippen LogP contribution in [0, 0.1) is 21.4 Å². The zero-order valence-corrected chi connectivity index (χ0v) is 19.3. The van der Waals surface area contributed by atoms with Crippen LogP contribution in [-0.4, -0.2) is 23.9 Å². The molecule has 1 saturated heterocycles. The number of benzene rings is 3. The lowest BCUT2D eigenvalue weighted by Crippen LogP contribution is -2.20. The molecule has 0 aliphatic carbocycles. The standard InChI is InChI=1S/C28H22N4O4/c29-18-22-25(19-9-3-1-4-10-19)26(20-11-5-2-6-12-20)36-28(22)30-27(33)21-13-14-23(24(17-21)32(34)35)31-15-7-8-16-31/h1-6,9-14,17H,7-8,15-16H2,(H,30,33). The van der Waals surface area contributed by atoms with Crippen molar-refractivity contribution in [1.29, 1.82) is 5.26 Å². The summed E-state index contributed by atoms with van der Waals surface area (Å²) < 4.78 is 6.06. The molecule has 0 spiro atoms. The van der Waals surface area contributed by atoms with Crippen molar-refractivity contribution in [2.24, 2.45) is 0 Å². The van der Waals surface area contributed by atoms with Gasteiger partial charge in [-0.05, 0) is 30.5 Å². The van der Waals surface area contributed by atoms with Gasteiger partial charge in [-0.25, -0.2) is 0 Å². The highest BCUT2D eigenvalue weighted by Crippen LogP contribution is 2.41. The number of nitro benzene ring substituents is 1. The van der Waals surface area contributed by atoms with E-state index in [-0.39, 0.29) is 22.7 Å². The van der Waals surface area contributed by atoms with Gasteiger partial charge in [0.1, 0.15) is 23.1 Å². The van der Waals surface area contributed by atoms with E-state index in [1.807, 2.05) is 65.6 Å². The van der Waals surface area contributed by atoms with Crippen molar-refractivity contribution in [3.05, 3.63) is 100 Å². The van der Waals surface area contributed by atoms with Gasteiger partial charge in [0.15, 0.2) is 0 Å². The van der Waals surface area contributed by atoms with Gasteiger partial charge in [-0.15, -0.1) is 0 Å². The van der Waals surface area contributed by atoms with Crippen LogP contribution in [0.25, 0.3) is 22.5 Å². The van der Waals surface area contributed by atoms with Crippen LogP contribution in [0.2, 0.25) is 0 Å². The number of furan rings is 1. The van der Waals surface area contributed by atoms with Gasteiger partial charge >= 0.3 is 0 Å². The smallest absolute Gasteiger partial charge is 0.293 e. The molecule has 1 amide bonds. The molecule has 0 radical (unpaired) electrons. The number of carbonyl (C=O) groups is 1. The summed E-state index contributed by atoms with van der Waals surface area (Å²) >= 11 is 0. The Morgan fingerprint density at radius 2 is 1.61 bits per heavy atom. The van der Waals surface area contributed by atoms with Crippen molar-refractivity contribution in [3.63, 3.8) is 0 Å². The first kappa shape index (κ1) is 22.9. The maximum Gasteiger partial charge on any atom is 0.293 e. The van der Waals surface area contributed by atoms with Crippen LogP contribution in [0.3, 0.4) is 0 Å². The average Bonchev–Trinajstić information content (AvgIpc) is 3.57. The van der Waals surface area contributed by atoms with Gasteiger partial charge in [0.2, 0.25) is 5.88 Å². The molecule has 1 N–H and O–H groups in total. The summed E-state index contributed by atoms with van der Waals surface area (Å²) in [6, 6.07) is 25.2. The van der Waals surface area contributed by atoms with Crippen molar-refractivity contribution in [1.82, 2.24) is 0 Å². The van der Waals surface area contributed by atoms with Crippen LogP contribution in [0.5, 0.6) is 0 Å². The fraction of sp³-hybridized carbons (Fsp3) is 0.143. The quantitative estimate of drug-likeness (QED) is 0.259. The Morgan fingerprint density at radius 3 is 2.22 bits per heavy atom. The summed E-state index contributed by atoms with van der Waals surface area (Å²) in [6.45, 7) is 1.49. The third kappa shape index (κ3) is 4.30. The first-order valence-electron chi connectivity index (χ1n) is 11.6. The van der Waals surface area contributed by atoms with Crippen molar-refractivity contribution in [3.8, 4) is 28.5 Å². The van der Waals surface area contributed by atoms with E-state index in [1.165, 1.54) is 6.07 Å². The van der Waals surface area contributed by atoms with E-state index in [4.69, 9.17) is 4.42 Å². The van der Waals surface area contributed by atoms with Crippen LogP contribution in [0.15, 0.2) is 83.3 Å². The molecule has 1 aliphatic rings. The fourth-order valence-electron chi connectivity index (χ4n) is 4.51. The molecule has 1 aromatic heterocycles. The Bertz CT molecular complexity index is 1470. The molecule has 5 rings (SSSR count). The molecule has 8 heteroatoms. The van der Waals surface area contributed by atoms with Crippen molar-refractivity contribution >= 4 is 23.2 Å². The summed E-state index contributed by atoms with van der Waals surface area (Å²) in [7, 11) is 0. The highest BCUT2D eigenvalue weighted by Gasteiger charge is 2.27. The topological polar surface area (TPSA) is 112 Å². The molecule has 178 valence electrons. The Labute approximate surface area is 207 Å². The SMILES string of the molecule is N#Cc1c(NC(=O)c2ccc(N3CCCC3)c([N+](=O)[O-])c2)oc(-c2ccccc2)c1-c1ccccc1. The Hall–Kier alpha value is -4.90. The number of hydrogen-bond donors (Lipinski definition) is 1. The Morgan fingerprint density at radius 1 is 0.972 bits per heavy atom. The van der Waals surface area contributed by atoms with Crippen molar-refractivity contribution in [2.75, 3.05) is 23.3 Å². The van der Waals surface area contributed by atoms with E-state index in [1.54, 1.807) is 12.1 Å². The predicted octanol–water partition coefficient (Wildman–Crippen LogP) is 6.25. The van der Waals surface area contributed by atoms with Gasteiger partial charge in [0, 0.05) is 35.8 Å². The summed E-state index contributed by atoms with van der Waals surface area (Å²) in [6.07, 6.45) is 1.95. The maximum atomic E-state index is 13.2. The second kappa shape index (κ2) is 9.76. The van der Waals surface area contributed by atoms with E-state index in [0.717, 1.165) is 37.1 Å². The minimum atomic E-state index is -0.601. The first-order chi connectivity index (χ1) is 17.6. The summed E-state index contributed by atoms with van der Waals surface area (Å²) in [5, 5.41) is 24.5. The van der Waals surface area contributed by atoms with Crippen LogP contribution in [0.1, 0.15) is 28.8 Å². The lowest BCUT2D eigenvalue weighted by Gasteiger charge is -2.17. The van der Waals surface area contributed by atoms with Gasteiger partial charge in [0.25, 0.3) is 11.6 Å². The number of rotatable bonds is 6. The fourth-order valence-corrected chi connectivity index (χ4v) is 4.51. The monoisotopic (exact) mass is 478 g/mol. The highest BCUT2D eigenvalue weighted by atomic mass is 16.6. The second-order valence-electron chi connectivity index (χ2n) is 8.46. The lowest BCUT2D eigenvalue weighted by molar-refractivity contribution is -0.384. The second-order valence-corrected chi connectivity index (χ2v) is 8.46. The molecule has 1 aliphatic heterocycles. The average molecular weight is 479 g/mol. The van der Waals surface area contributed by atoms with Gasteiger partial charge < -0.3 is 9.32 Å². The molecule has 3 aromatic carbocycles. The zero-order chi connectivity index (χ0) is 25.1. The van der Waals surface area contributed by atoms with Crippen LogP contribution in [0.4, 0.5) is 17.3 Å². The summed E-state index contributed by atoms with van der Waals surface area (Å²) in [5.41, 5.74) is 2.74. The zero-order valence-electron chi connectivity index (χ0n) is 19.3. The normalized spacial score (nSPS) is 12.8. The molecule has 4 aromatic rings. The number of nitrogens with one attached hydrogen (secondary N) is 1. The first-order valence-corrected chi connectivity index (χ1v) is 11.6.